The van der Waals surface area contributed by atoms with Gasteiger partial charge in [0.05, 0.1) is 17.9 Å². The summed E-state index contributed by atoms with van der Waals surface area (Å²) in [4.78, 5) is 19.9. The Morgan fingerprint density at radius 2 is 1.81 bits per heavy atom. The zero-order valence-corrected chi connectivity index (χ0v) is 17.8. The minimum absolute atomic E-state index is 0.257. The minimum Gasteiger partial charge on any atom is -0.462 e. The number of anilines is 2. The van der Waals surface area contributed by atoms with Gasteiger partial charge in [-0.3, -0.25) is 0 Å². The minimum atomic E-state index is -0.257. The van der Waals surface area contributed by atoms with Gasteiger partial charge in [0.25, 0.3) is 0 Å². The summed E-state index contributed by atoms with van der Waals surface area (Å²) < 4.78 is 5.30. The van der Waals surface area contributed by atoms with Crippen LogP contribution in [0.2, 0.25) is 0 Å². The molecule has 0 amide bonds. The lowest BCUT2D eigenvalue weighted by molar-refractivity contribution is 0.0526. The smallest absolute Gasteiger partial charge is 0.341 e. The lowest BCUT2D eigenvalue weighted by atomic mass is 9.95. The van der Waals surface area contributed by atoms with Gasteiger partial charge in [0.1, 0.15) is 5.00 Å². The zero-order valence-electron chi connectivity index (χ0n) is 15.4. The molecule has 5 nitrogen and oxygen atoms in total. The number of thiocarbonyl (C=S) groups is 1. The lowest BCUT2D eigenvalue weighted by Crippen LogP contribution is -2.20. The maximum atomic E-state index is 12.5. The third kappa shape index (κ3) is 4.02. The number of carbonyl (C=O) groups excluding carboxylic acids is 1. The fourth-order valence-electron chi connectivity index (χ4n) is 3.71. The molecule has 0 bridgehead atoms. The van der Waals surface area contributed by atoms with Gasteiger partial charge in [0.2, 0.25) is 0 Å². The molecule has 0 atom stereocenters. The van der Waals surface area contributed by atoms with Crippen LogP contribution in [0.1, 0.15) is 64.0 Å². The molecule has 2 aromatic rings. The van der Waals surface area contributed by atoms with E-state index in [0.29, 0.717) is 17.3 Å². The summed E-state index contributed by atoms with van der Waals surface area (Å²) in [6.07, 6.45) is 8.85. The molecule has 0 fully saturated rings. The van der Waals surface area contributed by atoms with Crippen molar-refractivity contribution >= 4 is 56.1 Å². The molecule has 27 heavy (non-hydrogen) atoms. The van der Waals surface area contributed by atoms with Crippen LogP contribution in [0, 0.1) is 0 Å². The zero-order chi connectivity index (χ0) is 18.8. The van der Waals surface area contributed by atoms with E-state index in [2.05, 4.69) is 15.6 Å². The van der Waals surface area contributed by atoms with Gasteiger partial charge in [0, 0.05) is 9.75 Å². The first kappa shape index (κ1) is 18.8. The number of nitrogens with one attached hydrogen (secondary N) is 2. The molecule has 2 heterocycles. The number of nitrogens with zero attached hydrogens (tertiary/aromatic N) is 1. The van der Waals surface area contributed by atoms with Crippen LogP contribution in [0.3, 0.4) is 0 Å². The number of thiophene rings is 1. The van der Waals surface area contributed by atoms with Gasteiger partial charge in [-0.2, -0.15) is 0 Å². The standard InChI is InChI=1S/C19H23N3O2S3/c1-2-24-17(23)15-11-7-3-5-9-13(11)26-16(15)21-18(25)22-19-20-12-8-4-6-10-14(12)27-19/h2-10H2,1H3,(H2,20,21,22,25). The van der Waals surface area contributed by atoms with Crippen LogP contribution in [-0.2, 0) is 30.4 Å². The molecule has 2 aromatic heterocycles. The number of fused-ring (bicyclic) bond motifs is 2. The number of hydrogen-bond acceptors (Lipinski definition) is 6. The van der Waals surface area contributed by atoms with E-state index in [1.54, 1.807) is 22.7 Å². The topological polar surface area (TPSA) is 63.2 Å². The number of hydrogen-bond donors (Lipinski definition) is 2. The van der Waals surface area contributed by atoms with E-state index in [0.717, 1.165) is 47.8 Å². The molecule has 2 aliphatic carbocycles. The summed E-state index contributed by atoms with van der Waals surface area (Å²) in [5.74, 6) is -0.257. The fourth-order valence-corrected chi connectivity index (χ4v) is 6.37. The second kappa shape index (κ2) is 8.24. The van der Waals surface area contributed by atoms with Gasteiger partial charge in [-0.1, -0.05) is 0 Å². The lowest BCUT2D eigenvalue weighted by Gasteiger charge is -2.12. The number of aromatic nitrogens is 1. The Kier molecular flexibility index (Phi) is 5.75. The summed E-state index contributed by atoms with van der Waals surface area (Å²) in [5, 5.41) is 8.55. The molecule has 4 rings (SSSR count). The highest BCUT2D eigenvalue weighted by Gasteiger charge is 2.27. The third-order valence-corrected chi connectivity index (χ3v) is 7.43. The largest absolute Gasteiger partial charge is 0.462 e. The van der Waals surface area contributed by atoms with Crippen molar-refractivity contribution in [2.45, 2.75) is 58.3 Å². The number of ether oxygens (including phenoxy) is 1. The van der Waals surface area contributed by atoms with Crippen LogP contribution in [0.4, 0.5) is 10.1 Å². The predicted octanol–water partition coefficient (Wildman–Crippen LogP) is 4.95. The Morgan fingerprint density at radius 3 is 2.59 bits per heavy atom. The summed E-state index contributed by atoms with van der Waals surface area (Å²) in [6.45, 7) is 2.20. The number of aryl methyl sites for hydroxylation is 3. The molecule has 0 aliphatic heterocycles. The summed E-state index contributed by atoms with van der Waals surface area (Å²) in [7, 11) is 0. The van der Waals surface area contributed by atoms with Crippen LogP contribution in [0.15, 0.2) is 0 Å². The molecule has 2 aliphatic rings. The molecule has 0 saturated heterocycles. The van der Waals surface area contributed by atoms with Crippen molar-refractivity contribution in [3.05, 3.63) is 26.6 Å². The third-order valence-electron chi connectivity index (χ3n) is 4.94. The van der Waals surface area contributed by atoms with E-state index in [4.69, 9.17) is 17.0 Å². The molecule has 0 unspecified atom stereocenters. The maximum Gasteiger partial charge on any atom is 0.341 e. The average Bonchev–Trinajstić information content (AvgIpc) is 3.21. The fraction of sp³-hybridized carbons (Fsp3) is 0.526. The van der Waals surface area contributed by atoms with Crippen molar-refractivity contribution in [1.29, 1.82) is 0 Å². The van der Waals surface area contributed by atoms with Gasteiger partial charge in [-0.05, 0) is 76.1 Å². The van der Waals surface area contributed by atoms with Crippen LogP contribution in [0.5, 0.6) is 0 Å². The van der Waals surface area contributed by atoms with Gasteiger partial charge in [-0.25, -0.2) is 9.78 Å². The first-order valence-electron chi connectivity index (χ1n) is 9.54. The van der Waals surface area contributed by atoms with Crippen molar-refractivity contribution < 1.29 is 9.53 Å². The first-order chi connectivity index (χ1) is 13.2. The van der Waals surface area contributed by atoms with E-state index >= 15 is 0 Å². The highest BCUT2D eigenvalue weighted by atomic mass is 32.1. The Bertz CT molecular complexity index is 848. The molecule has 0 spiro atoms. The molecule has 8 heteroatoms. The molecule has 144 valence electrons. The van der Waals surface area contributed by atoms with Crippen molar-refractivity contribution in [3.8, 4) is 0 Å². The molecular formula is C19H23N3O2S3. The van der Waals surface area contributed by atoms with E-state index in [9.17, 15) is 4.79 Å². The van der Waals surface area contributed by atoms with E-state index in [1.165, 1.54) is 34.7 Å². The Labute approximate surface area is 172 Å². The first-order valence-corrected chi connectivity index (χ1v) is 11.6. The van der Waals surface area contributed by atoms with Gasteiger partial charge < -0.3 is 15.4 Å². The van der Waals surface area contributed by atoms with E-state index in [1.807, 2.05) is 6.92 Å². The SMILES string of the molecule is CCOC(=O)c1c(NC(=S)Nc2nc3c(s2)CCCC3)sc2c1CCCC2. The van der Waals surface area contributed by atoms with Gasteiger partial charge >= 0.3 is 5.97 Å². The second-order valence-electron chi connectivity index (χ2n) is 6.81. The van der Waals surface area contributed by atoms with Crippen molar-refractivity contribution in [3.63, 3.8) is 0 Å². The number of esters is 1. The van der Waals surface area contributed by atoms with Gasteiger partial charge in [-0.15, -0.1) is 22.7 Å². The maximum absolute atomic E-state index is 12.5. The number of carbonyl (C=O) groups is 1. The molecule has 0 radical (unpaired) electrons. The van der Waals surface area contributed by atoms with Crippen LogP contribution in [-0.4, -0.2) is 22.7 Å². The highest BCUT2D eigenvalue weighted by Crippen LogP contribution is 2.39. The number of rotatable bonds is 4. The highest BCUT2D eigenvalue weighted by molar-refractivity contribution is 7.80. The quantitative estimate of drug-likeness (QED) is 0.538. The van der Waals surface area contributed by atoms with E-state index < -0.39 is 0 Å². The van der Waals surface area contributed by atoms with Crippen molar-refractivity contribution in [2.24, 2.45) is 0 Å². The molecule has 2 N–H and O–H groups in total. The van der Waals surface area contributed by atoms with Crippen LogP contribution < -0.4 is 10.6 Å². The Balaban J connectivity index is 1.52. The summed E-state index contributed by atoms with van der Waals surface area (Å²) >= 11 is 8.82. The van der Waals surface area contributed by atoms with Crippen molar-refractivity contribution in [1.82, 2.24) is 4.98 Å². The summed E-state index contributed by atoms with van der Waals surface area (Å²) in [6, 6.07) is 0. The summed E-state index contributed by atoms with van der Waals surface area (Å²) in [5.41, 5.74) is 3.01. The average molecular weight is 422 g/mol. The molecular weight excluding hydrogens is 398 g/mol. The van der Waals surface area contributed by atoms with Gasteiger partial charge in [0.15, 0.2) is 10.2 Å². The van der Waals surface area contributed by atoms with Crippen LogP contribution in [0.25, 0.3) is 0 Å². The monoisotopic (exact) mass is 421 g/mol. The Morgan fingerprint density at radius 1 is 1.07 bits per heavy atom. The number of thiazole rings is 1. The molecule has 0 saturated carbocycles. The normalized spacial score (nSPS) is 15.6. The van der Waals surface area contributed by atoms with Crippen LogP contribution >= 0.6 is 34.9 Å². The van der Waals surface area contributed by atoms with E-state index in [-0.39, 0.29) is 5.97 Å². The Hall–Kier alpha value is -1.51. The van der Waals surface area contributed by atoms with Crippen molar-refractivity contribution in [2.75, 3.05) is 17.2 Å². The second-order valence-corrected chi connectivity index (χ2v) is 9.41. The molecule has 0 aromatic carbocycles. The predicted molar refractivity (Wildman–Crippen MR) is 116 cm³/mol.